The molecule has 1 saturated heterocycles. The Labute approximate surface area is 105 Å². The molecule has 0 radical (unpaired) electrons. The Morgan fingerprint density at radius 2 is 2.18 bits per heavy atom. The molecule has 1 amide bonds. The first kappa shape index (κ1) is 14.3. The van der Waals surface area contributed by atoms with Crippen molar-refractivity contribution in [3.8, 4) is 0 Å². The summed E-state index contributed by atoms with van der Waals surface area (Å²) in [5, 5.41) is 3.54. The van der Waals surface area contributed by atoms with E-state index >= 15 is 0 Å². The van der Waals surface area contributed by atoms with Gasteiger partial charge in [0.2, 0.25) is 0 Å². The molecule has 4 nitrogen and oxygen atoms in total. The highest BCUT2D eigenvalue weighted by molar-refractivity contribution is 5.67. The second-order valence-electron chi connectivity index (χ2n) is 5.55. The van der Waals surface area contributed by atoms with Gasteiger partial charge in [-0.1, -0.05) is 20.8 Å². The molecular formula is C13H26N2O2. The number of hydrogen-bond acceptors (Lipinski definition) is 3. The van der Waals surface area contributed by atoms with Crippen LogP contribution < -0.4 is 5.32 Å². The molecule has 0 aromatic rings. The van der Waals surface area contributed by atoms with E-state index in [4.69, 9.17) is 4.74 Å². The number of ether oxygens (including phenoxy) is 1. The molecule has 2 unspecified atom stereocenters. The van der Waals surface area contributed by atoms with Crippen LogP contribution in [0.3, 0.4) is 0 Å². The number of carbonyl (C=O) groups excluding carboxylic acids is 1. The lowest BCUT2D eigenvalue weighted by Crippen LogP contribution is -2.51. The summed E-state index contributed by atoms with van der Waals surface area (Å²) in [4.78, 5) is 13.3. The van der Waals surface area contributed by atoms with Gasteiger partial charge in [-0.05, 0) is 31.2 Å². The van der Waals surface area contributed by atoms with Gasteiger partial charge >= 0.3 is 6.09 Å². The number of likely N-dealkylation sites (tertiary alicyclic amines) is 1. The number of rotatable bonds is 4. The van der Waals surface area contributed by atoms with Crippen molar-refractivity contribution in [2.45, 2.75) is 39.7 Å². The Morgan fingerprint density at radius 1 is 1.47 bits per heavy atom. The number of nitrogens with zero attached hydrogens (tertiary/aromatic N) is 1. The van der Waals surface area contributed by atoms with Gasteiger partial charge in [-0.25, -0.2) is 4.79 Å². The molecule has 0 aromatic carbocycles. The lowest BCUT2D eigenvalue weighted by Gasteiger charge is -2.36. The Balaban J connectivity index is 2.37. The summed E-state index contributed by atoms with van der Waals surface area (Å²) in [6.45, 7) is 9.26. The van der Waals surface area contributed by atoms with Crippen LogP contribution in [0.15, 0.2) is 0 Å². The number of piperidine rings is 1. The Kier molecular flexibility index (Phi) is 5.75. The largest absolute Gasteiger partial charge is 0.453 e. The van der Waals surface area contributed by atoms with Gasteiger partial charge in [0.05, 0.1) is 7.11 Å². The first-order chi connectivity index (χ1) is 8.02. The minimum Gasteiger partial charge on any atom is -0.453 e. The first-order valence-electron chi connectivity index (χ1n) is 6.59. The van der Waals surface area contributed by atoms with Crippen LogP contribution in [0.5, 0.6) is 0 Å². The summed E-state index contributed by atoms with van der Waals surface area (Å²) < 4.78 is 4.79. The number of amides is 1. The smallest absolute Gasteiger partial charge is 0.409 e. The highest BCUT2D eigenvalue weighted by atomic mass is 16.5. The molecule has 0 aromatic heterocycles. The molecule has 1 aliphatic heterocycles. The maximum absolute atomic E-state index is 11.5. The van der Waals surface area contributed by atoms with Crippen LogP contribution in [-0.2, 0) is 4.74 Å². The molecule has 0 spiro atoms. The van der Waals surface area contributed by atoms with E-state index in [1.165, 1.54) is 13.5 Å². The van der Waals surface area contributed by atoms with Crippen LogP contribution in [-0.4, -0.2) is 43.8 Å². The summed E-state index contributed by atoms with van der Waals surface area (Å²) in [7, 11) is 1.45. The average Bonchev–Trinajstić information content (AvgIpc) is 2.26. The number of methoxy groups -OCH3 is 1. The van der Waals surface area contributed by atoms with Gasteiger partial charge in [0, 0.05) is 19.1 Å². The SMILES string of the molecule is COC(=O)N1CC(C)CC(NCCC(C)C)C1. The van der Waals surface area contributed by atoms with E-state index in [1.54, 1.807) is 4.90 Å². The molecule has 1 aliphatic rings. The van der Waals surface area contributed by atoms with Crippen molar-refractivity contribution in [2.75, 3.05) is 26.7 Å². The summed E-state index contributed by atoms with van der Waals surface area (Å²) >= 11 is 0. The number of hydrogen-bond donors (Lipinski definition) is 1. The van der Waals surface area contributed by atoms with Crippen LogP contribution in [0.25, 0.3) is 0 Å². The fourth-order valence-electron chi connectivity index (χ4n) is 2.35. The van der Waals surface area contributed by atoms with Crippen molar-refractivity contribution in [1.29, 1.82) is 0 Å². The van der Waals surface area contributed by atoms with E-state index in [2.05, 4.69) is 26.1 Å². The van der Waals surface area contributed by atoms with E-state index in [0.717, 1.165) is 32.0 Å². The zero-order valence-corrected chi connectivity index (χ0v) is 11.5. The van der Waals surface area contributed by atoms with Crippen LogP contribution in [0.4, 0.5) is 4.79 Å². The summed E-state index contributed by atoms with van der Waals surface area (Å²) in [5.41, 5.74) is 0. The quantitative estimate of drug-likeness (QED) is 0.821. The molecule has 1 N–H and O–H groups in total. The van der Waals surface area contributed by atoms with Crippen LogP contribution >= 0.6 is 0 Å². The van der Waals surface area contributed by atoms with Crippen LogP contribution in [0.1, 0.15) is 33.6 Å². The van der Waals surface area contributed by atoms with Gasteiger partial charge in [0.1, 0.15) is 0 Å². The molecule has 100 valence electrons. The second-order valence-corrected chi connectivity index (χ2v) is 5.55. The van der Waals surface area contributed by atoms with Crippen molar-refractivity contribution in [1.82, 2.24) is 10.2 Å². The van der Waals surface area contributed by atoms with Gasteiger partial charge in [0.25, 0.3) is 0 Å². The third kappa shape index (κ3) is 4.94. The lowest BCUT2D eigenvalue weighted by atomic mass is 9.96. The Morgan fingerprint density at radius 3 is 2.76 bits per heavy atom. The predicted molar refractivity (Wildman–Crippen MR) is 69.0 cm³/mol. The molecule has 4 heteroatoms. The molecule has 1 heterocycles. The van der Waals surface area contributed by atoms with E-state index < -0.39 is 0 Å². The van der Waals surface area contributed by atoms with E-state index in [-0.39, 0.29) is 6.09 Å². The summed E-state index contributed by atoms with van der Waals surface area (Å²) in [6, 6.07) is 0.414. The van der Waals surface area contributed by atoms with Crippen molar-refractivity contribution in [3.05, 3.63) is 0 Å². The maximum atomic E-state index is 11.5. The monoisotopic (exact) mass is 242 g/mol. The summed E-state index contributed by atoms with van der Waals surface area (Å²) in [5.74, 6) is 1.26. The van der Waals surface area contributed by atoms with Gasteiger partial charge < -0.3 is 15.0 Å². The Hall–Kier alpha value is -0.770. The van der Waals surface area contributed by atoms with Crippen LogP contribution in [0.2, 0.25) is 0 Å². The fraction of sp³-hybridized carbons (Fsp3) is 0.923. The van der Waals surface area contributed by atoms with Crippen molar-refractivity contribution in [2.24, 2.45) is 11.8 Å². The van der Waals surface area contributed by atoms with Crippen LogP contribution in [0, 0.1) is 11.8 Å². The highest BCUT2D eigenvalue weighted by Crippen LogP contribution is 2.17. The molecule has 2 atom stereocenters. The minimum absolute atomic E-state index is 0.202. The third-order valence-electron chi connectivity index (χ3n) is 3.25. The standard InChI is InChI=1S/C13H26N2O2/c1-10(2)5-6-14-12-7-11(3)8-15(9-12)13(16)17-4/h10-12,14H,5-9H2,1-4H3. The molecule has 0 bridgehead atoms. The molecule has 1 fully saturated rings. The molecule has 0 aliphatic carbocycles. The molecule has 17 heavy (non-hydrogen) atoms. The average molecular weight is 242 g/mol. The fourth-order valence-corrected chi connectivity index (χ4v) is 2.35. The Bertz CT molecular complexity index is 244. The summed E-state index contributed by atoms with van der Waals surface area (Å²) in [6.07, 6.45) is 2.13. The number of nitrogens with one attached hydrogen (secondary N) is 1. The third-order valence-corrected chi connectivity index (χ3v) is 3.25. The second kappa shape index (κ2) is 6.84. The van der Waals surface area contributed by atoms with Gasteiger partial charge in [0.15, 0.2) is 0 Å². The topological polar surface area (TPSA) is 41.6 Å². The van der Waals surface area contributed by atoms with Crippen molar-refractivity contribution < 1.29 is 9.53 Å². The van der Waals surface area contributed by atoms with Crippen molar-refractivity contribution >= 4 is 6.09 Å². The first-order valence-corrected chi connectivity index (χ1v) is 6.59. The van der Waals surface area contributed by atoms with Gasteiger partial charge in [-0.3, -0.25) is 0 Å². The van der Waals surface area contributed by atoms with Gasteiger partial charge in [-0.15, -0.1) is 0 Å². The normalized spacial score (nSPS) is 25.1. The van der Waals surface area contributed by atoms with E-state index in [0.29, 0.717) is 12.0 Å². The van der Waals surface area contributed by atoms with E-state index in [1.807, 2.05) is 0 Å². The highest BCUT2D eigenvalue weighted by Gasteiger charge is 2.27. The number of carbonyl (C=O) groups is 1. The minimum atomic E-state index is -0.202. The maximum Gasteiger partial charge on any atom is 0.409 e. The van der Waals surface area contributed by atoms with E-state index in [9.17, 15) is 4.79 Å². The predicted octanol–water partition coefficient (Wildman–Crippen LogP) is 2.10. The molecular weight excluding hydrogens is 216 g/mol. The zero-order chi connectivity index (χ0) is 12.8. The molecule has 0 saturated carbocycles. The van der Waals surface area contributed by atoms with Crippen molar-refractivity contribution in [3.63, 3.8) is 0 Å². The zero-order valence-electron chi connectivity index (χ0n) is 11.5. The molecule has 1 rings (SSSR count). The van der Waals surface area contributed by atoms with Gasteiger partial charge in [-0.2, -0.15) is 0 Å². The lowest BCUT2D eigenvalue weighted by molar-refractivity contribution is 0.0938.